The van der Waals surface area contributed by atoms with Crippen molar-refractivity contribution in [3.05, 3.63) is 0 Å². The average Bonchev–Trinajstić information content (AvgIpc) is 2.55. The minimum Gasteiger partial charge on any atom is -0.447 e. The van der Waals surface area contributed by atoms with E-state index >= 15 is 0 Å². The summed E-state index contributed by atoms with van der Waals surface area (Å²) in [4.78, 5) is 10.7. The second-order valence-corrected chi connectivity index (χ2v) is 3.39. The highest BCUT2D eigenvalue weighted by atomic mass is 16.6. The van der Waals surface area contributed by atoms with Crippen LogP contribution in [-0.2, 0) is 4.74 Å². The van der Waals surface area contributed by atoms with E-state index in [1.165, 1.54) is 25.7 Å². The SMILES string of the molecule is O=C1NC(C2CCCC2)CO1. The number of carbonyl (C=O) groups is 1. The molecule has 2 rings (SSSR count). The van der Waals surface area contributed by atoms with Gasteiger partial charge in [0, 0.05) is 0 Å². The molecule has 1 saturated heterocycles. The van der Waals surface area contributed by atoms with Crippen LogP contribution in [0.25, 0.3) is 0 Å². The summed E-state index contributed by atoms with van der Waals surface area (Å²) < 4.78 is 4.83. The van der Waals surface area contributed by atoms with Crippen molar-refractivity contribution >= 4 is 6.09 Å². The van der Waals surface area contributed by atoms with Gasteiger partial charge < -0.3 is 10.1 Å². The zero-order chi connectivity index (χ0) is 7.68. The van der Waals surface area contributed by atoms with Gasteiger partial charge in [-0.1, -0.05) is 12.8 Å². The Hall–Kier alpha value is -0.730. The lowest BCUT2D eigenvalue weighted by Crippen LogP contribution is -2.32. The third-order valence-electron chi connectivity index (χ3n) is 2.67. The molecule has 1 atom stereocenters. The van der Waals surface area contributed by atoms with Crippen LogP contribution < -0.4 is 5.32 Å². The normalized spacial score (nSPS) is 32.0. The molecule has 0 bridgehead atoms. The topological polar surface area (TPSA) is 38.3 Å². The maximum Gasteiger partial charge on any atom is 0.407 e. The summed E-state index contributed by atoms with van der Waals surface area (Å²) in [6, 6.07) is 0.310. The van der Waals surface area contributed by atoms with Gasteiger partial charge in [-0.05, 0) is 18.8 Å². The van der Waals surface area contributed by atoms with Crippen LogP contribution in [0.4, 0.5) is 4.79 Å². The van der Waals surface area contributed by atoms with E-state index in [1.54, 1.807) is 0 Å². The van der Waals surface area contributed by atoms with E-state index in [4.69, 9.17) is 4.74 Å². The molecule has 0 radical (unpaired) electrons. The molecule has 2 fully saturated rings. The molecular weight excluding hydrogens is 142 g/mol. The number of rotatable bonds is 1. The first-order valence-corrected chi connectivity index (χ1v) is 4.29. The van der Waals surface area contributed by atoms with E-state index in [-0.39, 0.29) is 6.09 Å². The summed E-state index contributed by atoms with van der Waals surface area (Å²) in [5.74, 6) is 0.682. The molecule has 1 heterocycles. The number of ether oxygens (including phenoxy) is 1. The number of hydrogen-bond donors (Lipinski definition) is 1. The van der Waals surface area contributed by atoms with E-state index in [0.717, 1.165) is 0 Å². The van der Waals surface area contributed by atoms with Crippen molar-refractivity contribution in [2.75, 3.05) is 6.61 Å². The maximum atomic E-state index is 10.7. The largest absolute Gasteiger partial charge is 0.447 e. The van der Waals surface area contributed by atoms with Crippen molar-refractivity contribution < 1.29 is 9.53 Å². The number of nitrogens with one attached hydrogen (secondary N) is 1. The molecule has 1 amide bonds. The standard InChI is InChI=1S/C8H13NO2/c10-8-9-7(5-11-8)6-3-1-2-4-6/h6-7H,1-5H2,(H,9,10). The zero-order valence-corrected chi connectivity index (χ0v) is 6.51. The highest BCUT2D eigenvalue weighted by Crippen LogP contribution is 2.29. The molecule has 1 saturated carbocycles. The van der Waals surface area contributed by atoms with Gasteiger partial charge >= 0.3 is 6.09 Å². The highest BCUT2D eigenvalue weighted by Gasteiger charge is 2.31. The van der Waals surface area contributed by atoms with Crippen molar-refractivity contribution in [3.63, 3.8) is 0 Å². The van der Waals surface area contributed by atoms with E-state index in [0.29, 0.717) is 18.6 Å². The van der Waals surface area contributed by atoms with Gasteiger partial charge in [-0.15, -0.1) is 0 Å². The van der Waals surface area contributed by atoms with Gasteiger partial charge in [0.05, 0.1) is 6.04 Å². The van der Waals surface area contributed by atoms with Crippen molar-refractivity contribution in [1.29, 1.82) is 0 Å². The maximum absolute atomic E-state index is 10.7. The Kier molecular flexibility index (Phi) is 1.72. The molecule has 0 aromatic rings. The van der Waals surface area contributed by atoms with Crippen LogP contribution in [0, 0.1) is 5.92 Å². The first-order valence-electron chi connectivity index (χ1n) is 4.29. The lowest BCUT2D eigenvalue weighted by Gasteiger charge is -2.14. The van der Waals surface area contributed by atoms with Gasteiger partial charge in [-0.25, -0.2) is 4.79 Å². The fourth-order valence-electron chi connectivity index (χ4n) is 2.01. The van der Waals surface area contributed by atoms with E-state index in [9.17, 15) is 4.79 Å². The van der Waals surface area contributed by atoms with E-state index in [1.807, 2.05) is 0 Å². The summed E-state index contributed by atoms with van der Waals surface area (Å²) in [7, 11) is 0. The molecule has 1 unspecified atom stereocenters. The second-order valence-electron chi connectivity index (χ2n) is 3.39. The Morgan fingerprint density at radius 1 is 1.36 bits per heavy atom. The number of alkyl carbamates (subject to hydrolysis) is 1. The predicted molar refractivity (Wildman–Crippen MR) is 40.2 cm³/mol. The number of hydrogen-bond acceptors (Lipinski definition) is 2. The first-order chi connectivity index (χ1) is 5.36. The molecule has 0 aromatic heterocycles. The Bertz CT molecular complexity index is 163. The molecule has 0 spiro atoms. The number of carbonyl (C=O) groups excluding carboxylic acids is 1. The monoisotopic (exact) mass is 155 g/mol. The number of cyclic esters (lactones) is 1. The highest BCUT2D eigenvalue weighted by molar-refractivity contribution is 5.69. The Morgan fingerprint density at radius 2 is 2.09 bits per heavy atom. The van der Waals surface area contributed by atoms with Crippen LogP contribution >= 0.6 is 0 Å². The van der Waals surface area contributed by atoms with Crippen molar-refractivity contribution in [2.24, 2.45) is 5.92 Å². The minimum atomic E-state index is -0.234. The molecule has 1 aliphatic heterocycles. The van der Waals surface area contributed by atoms with Crippen molar-refractivity contribution in [1.82, 2.24) is 5.32 Å². The van der Waals surface area contributed by atoms with E-state index < -0.39 is 0 Å². The van der Waals surface area contributed by atoms with Crippen LogP contribution in [0.15, 0.2) is 0 Å². The molecular formula is C8H13NO2. The molecule has 3 heteroatoms. The Balaban J connectivity index is 1.90. The molecule has 3 nitrogen and oxygen atoms in total. The third-order valence-corrected chi connectivity index (χ3v) is 2.67. The summed E-state index contributed by atoms with van der Waals surface area (Å²) in [5, 5.41) is 2.83. The lowest BCUT2D eigenvalue weighted by molar-refractivity contribution is 0.175. The molecule has 2 aliphatic rings. The zero-order valence-electron chi connectivity index (χ0n) is 6.51. The van der Waals surface area contributed by atoms with Gasteiger partial charge in [0.15, 0.2) is 0 Å². The smallest absolute Gasteiger partial charge is 0.407 e. The summed E-state index contributed by atoms with van der Waals surface area (Å²) in [6.45, 7) is 0.587. The van der Waals surface area contributed by atoms with Crippen LogP contribution in [0.5, 0.6) is 0 Å². The minimum absolute atomic E-state index is 0.234. The Morgan fingerprint density at radius 3 is 2.64 bits per heavy atom. The van der Waals surface area contributed by atoms with Gasteiger partial charge in [0.1, 0.15) is 6.61 Å². The summed E-state index contributed by atoms with van der Waals surface area (Å²) in [5.41, 5.74) is 0. The lowest BCUT2D eigenvalue weighted by atomic mass is 10.00. The van der Waals surface area contributed by atoms with Gasteiger partial charge in [-0.3, -0.25) is 0 Å². The molecule has 1 N–H and O–H groups in total. The predicted octanol–water partition coefficient (Wildman–Crippen LogP) is 1.28. The van der Waals surface area contributed by atoms with E-state index in [2.05, 4.69) is 5.32 Å². The summed E-state index contributed by atoms with van der Waals surface area (Å²) in [6.07, 6.45) is 4.92. The van der Waals surface area contributed by atoms with Gasteiger partial charge in [-0.2, -0.15) is 0 Å². The molecule has 11 heavy (non-hydrogen) atoms. The van der Waals surface area contributed by atoms with Crippen molar-refractivity contribution in [2.45, 2.75) is 31.7 Å². The fourth-order valence-corrected chi connectivity index (χ4v) is 2.01. The third kappa shape index (κ3) is 1.32. The second kappa shape index (κ2) is 2.72. The Labute approximate surface area is 66.1 Å². The number of amides is 1. The first kappa shape index (κ1) is 6.95. The van der Waals surface area contributed by atoms with Gasteiger partial charge in [0.2, 0.25) is 0 Å². The van der Waals surface area contributed by atoms with Crippen LogP contribution in [0.2, 0.25) is 0 Å². The molecule has 1 aliphatic carbocycles. The molecule has 62 valence electrons. The molecule has 0 aromatic carbocycles. The van der Waals surface area contributed by atoms with Crippen LogP contribution in [0.1, 0.15) is 25.7 Å². The quantitative estimate of drug-likeness (QED) is 0.619. The fraction of sp³-hybridized carbons (Fsp3) is 0.875. The summed E-state index contributed by atoms with van der Waals surface area (Å²) >= 11 is 0. The van der Waals surface area contributed by atoms with Crippen LogP contribution in [-0.4, -0.2) is 18.7 Å². The van der Waals surface area contributed by atoms with Gasteiger partial charge in [0.25, 0.3) is 0 Å². The van der Waals surface area contributed by atoms with Crippen LogP contribution in [0.3, 0.4) is 0 Å². The average molecular weight is 155 g/mol. The van der Waals surface area contributed by atoms with Crippen molar-refractivity contribution in [3.8, 4) is 0 Å².